The van der Waals surface area contributed by atoms with Crippen LogP contribution in [-0.4, -0.2) is 31.3 Å². The van der Waals surface area contributed by atoms with Crippen LogP contribution >= 0.6 is 12.4 Å². The van der Waals surface area contributed by atoms with E-state index in [1.807, 2.05) is 42.5 Å². The Kier molecular flexibility index (Phi) is 8.09. The van der Waals surface area contributed by atoms with E-state index in [0.717, 1.165) is 42.3 Å². The number of halogens is 1. The molecule has 3 aromatic rings. The van der Waals surface area contributed by atoms with Gasteiger partial charge in [-0.15, -0.1) is 12.4 Å². The molecular weight excluding hydrogens is 414 g/mol. The molecule has 2 N–H and O–H groups in total. The minimum Gasteiger partial charge on any atom is -0.497 e. The largest absolute Gasteiger partial charge is 0.497 e. The first-order valence-electron chi connectivity index (χ1n) is 10.3. The van der Waals surface area contributed by atoms with Crippen LogP contribution in [0.15, 0.2) is 59.1 Å². The quantitative estimate of drug-likeness (QED) is 0.556. The second-order valence-corrected chi connectivity index (χ2v) is 7.75. The molecule has 0 spiro atoms. The number of aromatic nitrogens is 1. The number of nitrogens with zero attached hydrogens (tertiary/aromatic N) is 1. The van der Waals surface area contributed by atoms with Crippen molar-refractivity contribution in [2.24, 2.45) is 5.92 Å². The molecular formula is C24H28ClN3O3. The number of amides is 1. The van der Waals surface area contributed by atoms with E-state index < -0.39 is 0 Å². The Labute approximate surface area is 188 Å². The van der Waals surface area contributed by atoms with E-state index in [2.05, 4.69) is 27.9 Å². The second kappa shape index (κ2) is 11.0. The first-order valence-corrected chi connectivity index (χ1v) is 10.3. The fraction of sp³-hybridized carbons (Fsp3) is 0.333. The van der Waals surface area contributed by atoms with Gasteiger partial charge in [-0.25, -0.2) is 0 Å². The first-order chi connectivity index (χ1) is 14.7. The number of carbonyl (C=O) groups excluding carboxylic acids is 1. The van der Waals surface area contributed by atoms with Gasteiger partial charge in [-0.2, -0.15) is 0 Å². The van der Waals surface area contributed by atoms with Crippen LogP contribution in [0.25, 0.3) is 11.3 Å². The van der Waals surface area contributed by atoms with Gasteiger partial charge in [0, 0.05) is 11.6 Å². The predicted octanol–water partition coefficient (Wildman–Crippen LogP) is 3.78. The van der Waals surface area contributed by atoms with E-state index >= 15 is 0 Å². The summed E-state index contributed by atoms with van der Waals surface area (Å²) in [7, 11) is 1.63. The first kappa shape index (κ1) is 22.8. The molecule has 2 heterocycles. The van der Waals surface area contributed by atoms with E-state index in [4.69, 9.17) is 9.26 Å². The number of hydrogen-bond acceptors (Lipinski definition) is 5. The van der Waals surface area contributed by atoms with E-state index in [1.165, 1.54) is 12.0 Å². The lowest BCUT2D eigenvalue weighted by Crippen LogP contribution is -2.24. The van der Waals surface area contributed by atoms with Crippen LogP contribution < -0.4 is 15.4 Å². The average molecular weight is 442 g/mol. The highest BCUT2D eigenvalue weighted by Gasteiger charge is 2.15. The van der Waals surface area contributed by atoms with Gasteiger partial charge in [-0.3, -0.25) is 4.79 Å². The standard InChI is InChI=1S/C24H27N3O3.ClH/c1-29-22-4-2-3-20(13-22)23-14-21(27-30-23)16-26-24(28)12-18-7-5-17(6-8-18)11-19-9-10-25-15-19;/h2-8,13-14,19,25H,9-12,15-16H2,1H3,(H,26,28);1H. The van der Waals surface area contributed by atoms with Crippen LogP contribution in [0, 0.1) is 5.92 Å². The van der Waals surface area contributed by atoms with E-state index in [1.54, 1.807) is 7.11 Å². The second-order valence-electron chi connectivity index (χ2n) is 7.75. The minimum atomic E-state index is -0.0336. The third kappa shape index (κ3) is 6.32. The van der Waals surface area contributed by atoms with Gasteiger partial charge in [-0.05, 0) is 55.1 Å². The Morgan fingerprint density at radius 2 is 2.00 bits per heavy atom. The number of rotatable bonds is 8. The minimum absolute atomic E-state index is 0. The summed E-state index contributed by atoms with van der Waals surface area (Å²) in [5.74, 6) is 2.09. The molecule has 1 saturated heterocycles. The summed E-state index contributed by atoms with van der Waals surface area (Å²) >= 11 is 0. The van der Waals surface area contributed by atoms with Crippen LogP contribution in [0.1, 0.15) is 23.2 Å². The summed E-state index contributed by atoms with van der Waals surface area (Å²) in [6, 6.07) is 17.8. The molecule has 1 fully saturated rings. The number of carbonyl (C=O) groups is 1. The SMILES string of the molecule is COc1cccc(-c2cc(CNC(=O)Cc3ccc(CC4CCNC4)cc3)no2)c1.Cl. The normalized spacial score (nSPS) is 15.3. The van der Waals surface area contributed by atoms with E-state index in [9.17, 15) is 4.79 Å². The summed E-state index contributed by atoms with van der Waals surface area (Å²) in [6.45, 7) is 2.56. The molecule has 31 heavy (non-hydrogen) atoms. The maximum atomic E-state index is 12.3. The number of ether oxygens (including phenoxy) is 1. The van der Waals surface area contributed by atoms with Gasteiger partial charge in [0.2, 0.25) is 5.91 Å². The fourth-order valence-corrected chi connectivity index (χ4v) is 3.76. The van der Waals surface area contributed by atoms with Crippen molar-refractivity contribution < 1.29 is 14.1 Å². The molecule has 1 aromatic heterocycles. The van der Waals surface area contributed by atoms with Crippen molar-refractivity contribution in [2.75, 3.05) is 20.2 Å². The maximum Gasteiger partial charge on any atom is 0.224 e. The highest BCUT2D eigenvalue weighted by atomic mass is 35.5. The Balaban J connectivity index is 0.00000272. The maximum absolute atomic E-state index is 12.3. The molecule has 1 amide bonds. The number of nitrogens with one attached hydrogen (secondary N) is 2. The van der Waals surface area contributed by atoms with Crippen molar-refractivity contribution in [3.05, 3.63) is 71.4 Å². The lowest BCUT2D eigenvalue weighted by Gasteiger charge is -2.09. The molecule has 1 aliphatic rings. The van der Waals surface area contributed by atoms with E-state index in [-0.39, 0.29) is 18.3 Å². The zero-order chi connectivity index (χ0) is 20.8. The van der Waals surface area contributed by atoms with Crippen molar-refractivity contribution in [3.63, 3.8) is 0 Å². The summed E-state index contributed by atoms with van der Waals surface area (Å²) in [5, 5.41) is 10.4. The highest BCUT2D eigenvalue weighted by molar-refractivity contribution is 5.85. The summed E-state index contributed by atoms with van der Waals surface area (Å²) < 4.78 is 10.6. The van der Waals surface area contributed by atoms with Crippen LogP contribution in [0.4, 0.5) is 0 Å². The summed E-state index contributed by atoms with van der Waals surface area (Å²) in [5.41, 5.74) is 3.91. The molecule has 6 nitrogen and oxygen atoms in total. The third-order valence-electron chi connectivity index (χ3n) is 5.45. The molecule has 0 aliphatic carbocycles. The van der Waals surface area contributed by atoms with Gasteiger partial charge in [-0.1, -0.05) is 41.6 Å². The summed E-state index contributed by atoms with van der Waals surface area (Å²) in [6.07, 6.45) is 2.69. The highest BCUT2D eigenvalue weighted by Crippen LogP contribution is 2.24. The van der Waals surface area contributed by atoms with E-state index in [0.29, 0.717) is 24.4 Å². The van der Waals surface area contributed by atoms with Gasteiger partial charge < -0.3 is 19.9 Å². The topological polar surface area (TPSA) is 76.4 Å². The molecule has 0 saturated carbocycles. The van der Waals surface area contributed by atoms with Crippen molar-refractivity contribution in [2.45, 2.75) is 25.8 Å². The molecule has 1 unspecified atom stereocenters. The zero-order valence-electron chi connectivity index (χ0n) is 17.6. The van der Waals surface area contributed by atoms with Crippen molar-refractivity contribution >= 4 is 18.3 Å². The van der Waals surface area contributed by atoms with Gasteiger partial charge >= 0.3 is 0 Å². The predicted molar refractivity (Wildman–Crippen MR) is 122 cm³/mol. The molecule has 164 valence electrons. The average Bonchev–Trinajstić information content (AvgIpc) is 3.46. The lowest BCUT2D eigenvalue weighted by atomic mass is 9.97. The lowest BCUT2D eigenvalue weighted by molar-refractivity contribution is -0.120. The van der Waals surface area contributed by atoms with Crippen molar-refractivity contribution in [3.8, 4) is 17.1 Å². The number of benzene rings is 2. The van der Waals surface area contributed by atoms with Crippen molar-refractivity contribution in [1.82, 2.24) is 15.8 Å². The van der Waals surface area contributed by atoms with Crippen molar-refractivity contribution in [1.29, 1.82) is 0 Å². The van der Waals surface area contributed by atoms with Crippen LogP contribution in [0.2, 0.25) is 0 Å². The molecule has 1 atom stereocenters. The molecule has 1 aliphatic heterocycles. The zero-order valence-corrected chi connectivity index (χ0v) is 18.4. The third-order valence-corrected chi connectivity index (χ3v) is 5.45. The van der Waals surface area contributed by atoms with Crippen LogP contribution in [0.3, 0.4) is 0 Å². The summed E-state index contributed by atoms with van der Waals surface area (Å²) in [4.78, 5) is 12.3. The Morgan fingerprint density at radius 1 is 1.19 bits per heavy atom. The fourth-order valence-electron chi connectivity index (χ4n) is 3.76. The van der Waals surface area contributed by atoms with Crippen LogP contribution in [0.5, 0.6) is 5.75 Å². The number of hydrogen-bond donors (Lipinski definition) is 2. The Bertz CT molecular complexity index is 982. The molecule has 0 radical (unpaired) electrons. The molecule has 7 heteroatoms. The van der Waals surface area contributed by atoms with Gasteiger partial charge in [0.15, 0.2) is 5.76 Å². The van der Waals surface area contributed by atoms with Gasteiger partial charge in [0.05, 0.1) is 20.1 Å². The molecule has 2 aromatic carbocycles. The Hall–Kier alpha value is -2.83. The van der Waals surface area contributed by atoms with Gasteiger partial charge in [0.25, 0.3) is 0 Å². The monoisotopic (exact) mass is 441 g/mol. The number of methoxy groups -OCH3 is 1. The smallest absolute Gasteiger partial charge is 0.224 e. The molecule has 4 rings (SSSR count). The van der Waals surface area contributed by atoms with Gasteiger partial charge in [0.1, 0.15) is 11.4 Å². The Morgan fingerprint density at radius 3 is 2.74 bits per heavy atom. The van der Waals surface area contributed by atoms with Crippen LogP contribution in [-0.2, 0) is 24.2 Å². The molecule has 0 bridgehead atoms.